The van der Waals surface area contributed by atoms with Gasteiger partial charge in [0, 0.05) is 18.7 Å². The van der Waals surface area contributed by atoms with Crippen LogP contribution < -0.4 is 5.32 Å². The second-order valence-electron chi connectivity index (χ2n) is 7.45. The highest BCUT2D eigenvalue weighted by atomic mass is 32.2. The van der Waals surface area contributed by atoms with Gasteiger partial charge in [-0.25, -0.2) is 8.42 Å². The minimum atomic E-state index is -3.57. The molecule has 5 nitrogen and oxygen atoms in total. The molecule has 1 heterocycles. The van der Waals surface area contributed by atoms with Crippen LogP contribution in [-0.2, 0) is 10.0 Å². The monoisotopic (exact) mass is 400 g/mol. The van der Waals surface area contributed by atoms with Gasteiger partial charge in [-0.15, -0.1) is 0 Å². The van der Waals surface area contributed by atoms with Gasteiger partial charge in [0.15, 0.2) is 0 Å². The summed E-state index contributed by atoms with van der Waals surface area (Å²) in [5.41, 5.74) is 2.52. The fourth-order valence-electron chi connectivity index (χ4n) is 3.45. The predicted octanol–water partition coefficient (Wildman–Crippen LogP) is 4.05. The van der Waals surface area contributed by atoms with Gasteiger partial charge >= 0.3 is 0 Å². The van der Waals surface area contributed by atoms with Crippen molar-refractivity contribution >= 4 is 15.9 Å². The third-order valence-corrected chi connectivity index (χ3v) is 7.12. The van der Waals surface area contributed by atoms with E-state index in [-0.39, 0.29) is 16.8 Å². The number of amides is 1. The molecule has 1 unspecified atom stereocenters. The van der Waals surface area contributed by atoms with Gasteiger partial charge in [0.2, 0.25) is 10.0 Å². The molecule has 0 aliphatic carbocycles. The third kappa shape index (κ3) is 4.80. The number of hydrogen-bond acceptors (Lipinski definition) is 3. The maximum absolute atomic E-state index is 13.0. The molecular formula is C22H28N2O3S. The summed E-state index contributed by atoms with van der Waals surface area (Å²) in [6, 6.07) is 14.2. The van der Waals surface area contributed by atoms with Gasteiger partial charge in [-0.2, -0.15) is 4.31 Å². The van der Waals surface area contributed by atoms with E-state index in [4.69, 9.17) is 0 Å². The van der Waals surface area contributed by atoms with Gasteiger partial charge < -0.3 is 5.32 Å². The van der Waals surface area contributed by atoms with Gasteiger partial charge in [-0.3, -0.25) is 4.79 Å². The molecule has 1 amide bonds. The zero-order valence-corrected chi connectivity index (χ0v) is 17.3. The normalized spacial score (nSPS) is 16.9. The number of benzene rings is 2. The van der Waals surface area contributed by atoms with Crippen LogP contribution in [0.1, 0.15) is 60.1 Å². The molecule has 2 aromatic carbocycles. The molecule has 2 aromatic rings. The number of hydrogen-bond donors (Lipinski definition) is 1. The Morgan fingerprint density at radius 2 is 1.64 bits per heavy atom. The van der Waals surface area contributed by atoms with Gasteiger partial charge in [0.25, 0.3) is 5.91 Å². The second-order valence-corrected chi connectivity index (χ2v) is 9.39. The Morgan fingerprint density at radius 3 is 2.29 bits per heavy atom. The average molecular weight is 401 g/mol. The summed E-state index contributed by atoms with van der Waals surface area (Å²) < 4.78 is 27.5. The van der Waals surface area contributed by atoms with Crippen molar-refractivity contribution in [3.05, 3.63) is 65.2 Å². The van der Waals surface area contributed by atoms with Crippen molar-refractivity contribution < 1.29 is 13.2 Å². The minimum Gasteiger partial charge on any atom is -0.346 e. The molecule has 28 heavy (non-hydrogen) atoms. The van der Waals surface area contributed by atoms with Crippen molar-refractivity contribution in [1.29, 1.82) is 0 Å². The Morgan fingerprint density at radius 1 is 1.00 bits per heavy atom. The third-order valence-electron chi connectivity index (χ3n) is 5.22. The van der Waals surface area contributed by atoms with Crippen molar-refractivity contribution in [2.75, 3.05) is 13.1 Å². The molecule has 0 bridgehead atoms. The first-order chi connectivity index (χ1) is 13.4. The Bertz CT molecular complexity index is 915. The second kappa shape index (κ2) is 8.88. The number of carbonyl (C=O) groups is 1. The fraction of sp³-hybridized carbons (Fsp3) is 0.409. The lowest BCUT2D eigenvalue weighted by Gasteiger charge is -2.20. The van der Waals surface area contributed by atoms with Crippen LogP contribution in [0.4, 0.5) is 0 Å². The zero-order valence-electron chi connectivity index (χ0n) is 16.5. The Labute approximate surface area is 167 Å². The van der Waals surface area contributed by atoms with E-state index in [1.807, 2.05) is 38.1 Å². The number of rotatable bonds is 5. The first kappa shape index (κ1) is 20.6. The highest BCUT2D eigenvalue weighted by Gasteiger charge is 2.26. The first-order valence-corrected chi connectivity index (χ1v) is 11.3. The van der Waals surface area contributed by atoms with E-state index in [9.17, 15) is 13.2 Å². The minimum absolute atomic E-state index is 0.168. The van der Waals surface area contributed by atoms with Crippen LogP contribution in [0.15, 0.2) is 53.4 Å². The Balaban J connectivity index is 1.76. The standard InChI is InChI=1S/C22H28N2O3S/c1-17-10-12-19(13-11-17)18(2)23-22(25)20-8-7-9-21(16-20)28(26,27)24-14-5-3-4-6-15-24/h7-13,16,18H,3-6,14-15H2,1-2H3,(H,23,25). The van der Waals surface area contributed by atoms with Crippen LogP contribution in [0.2, 0.25) is 0 Å². The summed E-state index contributed by atoms with van der Waals surface area (Å²) >= 11 is 0. The lowest BCUT2D eigenvalue weighted by atomic mass is 10.1. The molecule has 1 fully saturated rings. The molecule has 1 aliphatic heterocycles. The number of nitrogens with zero attached hydrogens (tertiary/aromatic N) is 1. The van der Waals surface area contributed by atoms with Crippen LogP contribution in [0.5, 0.6) is 0 Å². The maximum Gasteiger partial charge on any atom is 0.251 e. The van der Waals surface area contributed by atoms with E-state index in [2.05, 4.69) is 5.32 Å². The van der Waals surface area contributed by atoms with Crippen molar-refractivity contribution in [1.82, 2.24) is 9.62 Å². The van der Waals surface area contributed by atoms with Crippen LogP contribution in [0.25, 0.3) is 0 Å². The molecule has 3 rings (SSSR count). The molecular weight excluding hydrogens is 372 g/mol. The van der Waals surface area contributed by atoms with Crippen LogP contribution in [0.3, 0.4) is 0 Å². The first-order valence-electron chi connectivity index (χ1n) is 9.85. The maximum atomic E-state index is 13.0. The summed E-state index contributed by atoms with van der Waals surface area (Å²) in [5.74, 6) is -0.277. The summed E-state index contributed by atoms with van der Waals surface area (Å²) in [6.07, 6.45) is 3.89. The van der Waals surface area contributed by atoms with E-state index in [0.29, 0.717) is 18.7 Å². The van der Waals surface area contributed by atoms with Crippen molar-refractivity contribution in [2.45, 2.75) is 50.5 Å². The molecule has 150 valence electrons. The van der Waals surface area contributed by atoms with Crippen LogP contribution in [-0.4, -0.2) is 31.7 Å². The quantitative estimate of drug-likeness (QED) is 0.823. The van der Waals surface area contributed by atoms with Crippen LogP contribution in [0, 0.1) is 6.92 Å². The van der Waals surface area contributed by atoms with Gasteiger partial charge in [-0.1, -0.05) is 48.7 Å². The van der Waals surface area contributed by atoms with Crippen molar-refractivity contribution in [2.24, 2.45) is 0 Å². The Kier molecular flexibility index (Phi) is 6.52. The lowest BCUT2D eigenvalue weighted by Crippen LogP contribution is -2.32. The summed E-state index contributed by atoms with van der Waals surface area (Å²) in [5, 5.41) is 2.95. The molecule has 1 N–H and O–H groups in total. The molecule has 6 heteroatoms. The largest absolute Gasteiger partial charge is 0.346 e. The molecule has 1 atom stereocenters. The van der Waals surface area contributed by atoms with Crippen molar-refractivity contribution in [3.8, 4) is 0 Å². The SMILES string of the molecule is Cc1ccc(C(C)NC(=O)c2cccc(S(=O)(=O)N3CCCCCC3)c2)cc1. The van der Waals surface area contributed by atoms with E-state index in [1.54, 1.807) is 22.5 Å². The predicted molar refractivity (Wildman–Crippen MR) is 111 cm³/mol. The molecule has 0 aromatic heterocycles. The number of sulfonamides is 1. The summed E-state index contributed by atoms with van der Waals surface area (Å²) in [4.78, 5) is 12.9. The number of nitrogens with one attached hydrogen (secondary N) is 1. The molecule has 1 aliphatic rings. The van der Waals surface area contributed by atoms with E-state index >= 15 is 0 Å². The van der Waals surface area contributed by atoms with E-state index in [0.717, 1.165) is 36.8 Å². The lowest BCUT2D eigenvalue weighted by molar-refractivity contribution is 0.0939. The van der Waals surface area contributed by atoms with E-state index < -0.39 is 10.0 Å². The smallest absolute Gasteiger partial charge is 0.251 e. The topological polar surface area (TPSA) is 66.5 Å². The van der Waals surface area contributed by atoms with E-state index in [1.165, 1.54) is 6.07 Å². The zero-order chi connectivity index (χ0) is 20.1. The number of carbonyl (C=O) groups excluding carboxylic acids is 1. The van der Waals surface area contributed by atoms with Crippen LogP contribution >= 0.6 is 0 Å². The van der Waals surface area contributed by atoms with Gasteiger partial charge in [0.1, 0.15) is 0 Å². The summed E-state index contributed by atoms with van der Waals surface area (Å²) in [6.45, 7) is 5.02. The fourth-order valence-corrected chi connectivity index (χ4v) is 5.01. The molecule has 0 spiro atoms. The molecule has 0 saturated carbocycles. The van der Waals surface area contributed by atoms with Gasteiger partial charge in [0.05, 0.1) is 10.9 Å². The molecule has 0 radical (unpaired) electrons. The van der Waals surface area contributed by atoms with Crippen molar-refractivity contribution in [3.63, 3.8) is 0 Å². The average Bonchev–Trinajstić information content (AvgIpc) is 2.98. The highest BCUT2D eigenvalue weighted by Crippen LogP contribution is 2.22. The Hall–Kier alpha value is -2.18. The highest BCUT2D eigenvalue weighted by molar-refractivity contribution is 7.89. The summed E-state index contributed by atoms with van der Waals surface area (Å²) in [7, 11) is -3.57. The van der Waals surface area contributed by atoms with Gasteiger partial charge in [-0.05, 0) is 50.5 Å². The number of aryl methyl sites for hydroxylation is 1. The molecule has 1 saturated heterocycles.